The van der Waals surface area contributed by atoms with Crippen molar-refractivity contribution in [1.29, 1.82) is 0 Å². The summed E-state index contributed by atoms with van der Waals surface area (Å²) in [6.07, 6.45) is 0.864. The van der Waals surface area contributed by atoms with Crippen molar-refractivity contribution in [2.45, 2.75) is 40.0 Å². The van der Waals surface area contributed by atoms with Crippen LogP contribution in [0.2, 0.25) is 0 Å². The van der Waals surface area contributed by atoms with E-state index in [1.807, 2.05) is 26.0 Å². The van der Waals surface area contributed by atoms with Crippen LogP contribution in [0.15, 0.2) is 36.4 Å². The Morgan fingerprint density at radius 2 is 1.71 bits per heavy atom. The largest absolute Gasteiger partial charge is 0.494 e. The summed E-state index contributed by atoms with van der Waals surface area (Å²) in [6, 6.07) is 12.7. The van der Waals surface area contributed by atoms with Gasteiger partial charge in [-0.25, -0.2) is 0 Å². The van der Waals surface area contributed by atoms with Crippen LogP contribution >= 0.6 is 0 Å². The Labute approximate surface area is 145 Å². The SMILES string of the molecule is CCOc1ccc(CC(CN)c2cc(C)ccc2C)c(OCC)c1. The van der Waals surface area contributed by atoms with Crippen molar-refractivity contribution in [3.8, 4) is 11.5 Å². The van der Waals surface area contributed by atoms with Crippen LogP contribution in [0.3, 0.4) is 0 Å². The van der Waals surface area contributed by atoms with E-state index in [1.54, 1.807) is 0 Å². The fraction of sp³-hybridized carbons (Fsp3) is 0.429. The lowest BCUT2D eigenvalue weighted by Crippen LogP contribution is -2.17. The van der Waals surface area contributed by atoms with Crippen molar-refractivity contribution in [2.75, 3.05) is 19.8 Å². The molecule has 0 radical (unpaired) electrons. The van der Waals surface area contributed by atoms with Crippen molar-refractivity contribution in [2.24, 2.45) is 5.73 Å². The molecule has 0 aliphatic carbocycles. The molecule has 0 bridgehead atoms. The van der Waals surface area contributed by atoms with Crippen molar-refractivity contribution in [1.82, 2.24) is 0 Å². The Hall–Kier alpha value is -2.00. The zero-order chi connectivity index (χ0) is 17.5. The van der Waals surface area contributed by atoms with Gasteiger partial charge in [0.25, 0.3) is 0 Å². The molecule has 0 aliphatic heterocycles. The molecule has 130 valence electrons. The smallest absolute Gasteiger partial charge is 0.126 e. The highest BCUT2D eigenvalue weighted by molar-refractivity contribution is 5.43. The van der Waals surface area contributed by atoms with Crippen LogP contribution in [0.4, 0.5) is 0 Å². The average Bonchev–Trinajstić information content (AvgIpc) is 2.57. The van der Waals surface area contributed by atoms with Gasteiger partial charge in [-0.3, -0.25) is 0 Å². The number of hydrogen-bond acceptors (Lipinski definition) is 3. The quantitative estimate of drug-likeness (QED) is 0.782. The van der Waals surface area contributed by atoms with E-state index >= 15 is 0 Å². The van der Waals surface area contributed by atoms with E-state index in [0.29, 0.717) is 19.8 Å². The molecular formula is C21H29NO2. The molecule has 0 aliphatic rings. The number of aryl methyl sites for hydroxylation is 2. The number of benzene rings is 2. The normalized spacial score (nSPS) is 12.0. The van der Waals surface area contributed by atoms with E-state index in [9.17, 15) is 0 Å². The minimum atomic E-state index is 0.280. The minimum Gasteiger partial charge on any atom is -0.494 e. The summed E-state index contributed by atoms with van der Waals surface area (Å²) in [7, 11) is 0. The fourth-order valence-electron chi connectivity index (χ4n) is 3.04. The summed E-state index contributed by atoms with van der Waals surface area (Å²) < 4.78 is 11.4. The van der Waals surface area contributed by atoms with Gasteiger partial charge in [0.2, 0.25) is 0 Å². The highest BCUT2D eigenvalue weighted by Crippen LogP contribution is 2.31. The second-order valence-corrected chi connectivity index (χ2v) is 6.13. The summed E-state index contributed by atoms with van der Waals surface area (Å²) in [5.41, 5.74) is 11.2. The molecule has 24 heavy (non-hydrogen) atoms. The second-order valence-electron chi connectivity index (χ2n) is 6.13. The van der Waals surface area contributed by atoms with Gasteiger partial charge < -0.3 is 15.2 Å². The van der Waals surface area contributed by atoms with Crippen LogP contribution in [-0.4, -0.2) is 19.8 Å². The van der Waals surface area contributed by atoms with Crippen LogP contribution in [0, 0.1) is 13.8 Å². The van der Waals surface area contributed by atoms with Crippen LogP contribution < -0.4 is 15.2 Å². The van der Waals surface area contributed by atoms with Crippen molar-refractivity contribution in [3.05, 3.63) is 58.7 Å². The van der Waals surface area contributed by atoms with E-state index in [1.165, 1.54) is 22.3 Å². The van der Waals surface area contributed by atoms with Gasteiger partial charge in [-0.1, -0.05) is 29.8 Å². The fourth-order valence-corrected chi connectivity index (χ4v) is 3.04. The molecule has 3 heteroatoms. The van der Waals surface area contributed by atoms with E-state index < -0.39 is 0 Å². The Morgan fingerprint density at radius 3 is 2.38 bits per heavy atom. The van der Waals surface area contributed by atoms with Gasteiger partial charge >= 0.3 is 0 Å². The van der Waals surface area contributed by atoms with Crippen LogP contribution in [-0.2, 0) is 6.42 Å². The number of rotatable bonds is 8. The highest BCUT2D eigenvalue weighted by atomic mass is 16.5. The van der Waals surface area contributed by atoms with Gasteiger partial charge in [0.15, 0.2) is 0 Å². The molecule has 0 saturated heterocycles. The summed E-state index contributed by atoms with van der Waals surface area (Å²) in [4.78, 5) is 0. The first-order valence-electron chi connectivity index (χ1n) is 8.74. The summed E-state index contributed by atoms with van der Waals surface area (Å²) in [5.74, 6) is 2.02. The standard InChI is InChI=1S/C21H29NO2/c1-5-23-19-10-9-17(21(13-19)24-6-2)12-18(14-22)20-11-15(3)7-8-16(20)4/h7-11,13,18H,5-6,12,14,22H2,1-4H3. The van der Waals surface area contributed by atoms with Gasteiger partial charge in [0.05, 0.1) is 13.2 Å². The van der Waals surface area contributed by atoms with E-state index in [2.05, 4.69) is 38.1 Å². The summed E-state index contributed by atoms with van der Waals surface area (Å²) in [5, 5.41) is 0. The molecule has 0 amide bonds. The maximum Gasteiger partial charge on any atom is 0.126 e. The lowest BCUT2D eigenvalue weighted by Gasteiger charge is -2.20. The molecule has 1 atom stereocenters. The summed E-state index contributed by atoms with van der Waals surface area (Å²) >= 11 is 0. The Balaban J connectivity index is 2.31. The lowest BCUT2D eigenvalue weighted by molar-refractivity contribution is 0.320. The first-order valence-corrected chi connectivity index (χ1v) is 8.74. The molecule has 2 aromatic rings. The molecule has 3 nitrogen and oxygen atoms in total. The van der Waals surface area contributed by atoms with E-state index in [-0.39, 0.29) is 5.92 Å². The zero-order valence-electron chi connectivity index (χ0n) is 15.3. The van der Waals surface area contributed by atoms with Crippen molar-refractivity contribution < 1.29 is 9.47 Å². The van der Waals surface area contributed by atoms with Gasteiger partial charge in [0, 0.05) is 12.0 Å². The predicted octanol–water partition coefficient (Wildman–Crippen LogP) is 4.39. The molecule has 0 fully saturated rings. The Kier molecular flexibility index (Phi) is 6.68. The molecule has 0 heterocycles. The predicted molar refractivity (Wildman–Crippen MR) is 100 cm³/mol. The Bertz CT molecular complexity index is 667. The van der Waals surface area contributed by atoms with Crippen molar-refractivity contribution >= 4 is 0 Å². The molecule has 2 rings (SSSR count). The molecule has 0 saturated carbocycles. The number of nitrogens with two attached hydrogens (primary N) is 1. The van der Waals surface area contributed by atoms with Gasteiger partial charge in [-0.15, -0.1) is 0 Å². The third kappa shape index (κ3) is 4.51. The maximum atomic E-state index is 6.11. The third-order valence-electron chi connectivity index (χ3n) is 4.27. The number of hydrogen-bond donors (Lipinski definition) is 1. The first-order chi connectivity index (χ1) is 11.6. The minimum absolute atomic E-state index is 0.280. The monoisotopic (exact) mass is 327 g/mol. The maximum absolute atomic E-state index is 6.11. The summed E-state index contributed by atoms with van der Waals surface area (Å²) in [6.45, 7) is 10.2. The van der Waals surface area contributed by atoms with Crippen LogP contribution in [0.5, 0.6) is 11.5 Å². The molecule has 0 spiro atoms. The van der Waals surface area contributed by atoms with E-state index in [4.69, 9.17) is 15.2 Å². The molecular weight excluding hydrogens is 298 g/mol. The van der Waals surface area contributed by atoms with Gasteiger partial charge in [-0.05, 0) is 63.4 Å². The van der Waals surface area contributed by atoms with Gasteiger partial charge in [-0.2, -0.15) is 0 Å². The zero-order valence-corrected chi connectivity index (χ0v) is 15.3. The highest BCUT2D eigenvalue weighted by Gasteiger charge is 2.16. The third-order valence-corrected chi connectivity index (χ3v) is 4.27. The molecule has 1 unspecified atom stereocenters. The molecule has 2 aromatic carbocycles. The second kappa shape index (κ2) is 8.74. The topological polar surface area (TPSA) is 44.5 Å². The van der Waals surface area contributed by atoms with E-state index in [0.717, 1.165) is 17.9 Å². The number of ether oxygens (including phenoxy) is 2. The molecule has 2 N–H and O–H groups in total. The Morgan fingerprint density at radius 1 is 0.958 bits per heavy atom. The average molecular weight is 327 g/mol. The van der Waals surface area contributed by atoms with Crippen LogP contribution in [0.1, 0.15) is 42.0 Å². The van der Waals surface area contributed by atoms with Crippen molar-refractivity contribution in [3.63, 3.8) is 0 Å². The molecule has 0 aromatic heterocycles. The first kappa shape index (κ1) is 18.3. The van der Waals surface area contributed by atoms with Crippen LogP contribution in [0.25, 0.3) is 0 Å². The van der Waals surface area contributed by atoms with Gasteiger partial charge in [0.1, 0.15) is 11.5 Å². The lowest BCUT2D eigenvalue weighted by atomic mass is 9.88.